The van der Waals surface area contributed by atoms with Crippen LogP contribution < -0.4 is 50.2 Å². The molecule has 654 valence electrons. The zero-order valence-corrected chi connectivity index (χ0v) is 68.3. The summed E-state index contributed by atoms with van der Waals surface area (Å²) >= 11 is 0. The van der Waals surface area contributed by atoms with Crippen molar-refractivity contribution in [1.29, 1.82) is 0 Å². The minimum absolute atomic E-state index is 0.0949. The summed E-state index contributed by atoms with van der Waals surface area (Å²) in [7, 11) is 0. The number of piperidine rings is 9. The second-order valence-corrected chi connectivity index (χ2v) is 34.8. The first-order valence-corrected chi connectivity index (χ1v) is 43.0. The van der Waals surface area contributed by atoms with Gasteiger partial charge in [-0.25, -0.2) is 0 Å². The Morgan fingerprint density at radius 1 is 0.344 bits per heavy atom. The third-order valence-electron chi connectivity index (χ3n) is 26.9. The van der Waals surface area contributed by atoms with Gasteiger partial charge in [-0.1, -0.05) is 179 Å². The molecule has 0 aromatic heterocycles. The van der Waals surface area contributed by atoms with Gasteiger partial charge in [0.1, 0.15) is 58.2 Å². The van der Waals surface area contributed by atoms with Gasteiger partial charge in [-0.05, 0) is 97.9 Å². The van der Waals surface area contributed by atoms with Gasteiger partial charge in [0.05, 0.1) is 121 Å². The SMILES string of the molecule is O=C(N[C@@H]1C[N+]2(CC3CCCCC3)CCC1CC2)C1c2ccccc2Oc2ccccc21.O=C(N[C@@H]1C[N+]2(CCCC3CCCCC3)CCC1CC2)C1c2ccccc2Oc2ccccc21.O=C(N[C@@H]1C[N+]2(CCCOc3ccccc3)CCC1CC2)C1c2ccccc2Oc2ccccc21.O=C([O-])C(F)(F)F.O=C([O-])C(F)(F)F.O=C([O-])C(F)(F)F. The highest BCUT2D eigenvalue weighted by Crippen LogP contribution is 2.49. The Morgan fingerprint density at radius 2 is 0.607 bits per heavy atom. The number of carboxylic acids is 3. The maximum absolute atomic E-state index is 13.8. The average Bonchev–Trinajstić information content (AvgIpc) is 0.764. The molecule has 7 aromatic carbocycles. The molecule has 12 heterocycles. The largest absolute Gasteiger partial charge is 0.542 e. The number of carbonyl (C=O) groups is 6. The first-order chi connectivity index (χ1) is 58.5. The molecule has 3 amide bonds. The van der Waals surface area contributed by atoms with Crippen molar-refractivity contribution in [3.8, 4) is 40.2 Å². The van der Waals surface area contributed by atoms with Gasteiger partial charge in [-0.15, -0.1) is 0 Å². The Balaban J connectivity index is 0.000000141. The Labute approximate surface area is 705 Å². The van der Waals surface area contributed by atoms with E-state index in [9.17, 15) is 53.9 Å². The summed E-state index contributed by atoms with van der Waals surface area (Å²) in [4.78, 5) is 67.8. The maximum Gasteiger partial charge on any atom is 0.430 e. The first kappa shape index (κ1) is 89.6. The van der Waals surface area contributed by atoms with E-state index in [1.807, 2.05) is 176 Å². The second-order valence-electron chi connectivity index (χ2n) is 34.8. The molecule has 12 aliphatic heterocycles. The number of quaternary nitrogens is 3. The molecule has 19 nitrogen and oxygen atoms in total. The van der Waals surface area contributed by atoms with Crippen molar-refractivity contribution in [1.82, 2.24) is 16.0 Å². The summed E-state index contributed by atoms with van der Waals surface area (Å²) in [5.41, 5.74) is 5.83. The van der Waals surface area contributed by atoms with Crippen LogP contribution in [0.3, 0.4) is 0 Å². The highest BCUT2D eigenvalue weighted by atomic mass is 19.4. The molecule has 7 aromatic rings. The van der Waals surface area contributed by atoms with Crippen molar-refractivity contribution in [2.75, 3.05) is 85.1 Å². The molecule has 0 radical (unpaired) electrons. The molecule has 0 spiro atoms. The number of rotatable bonds is 17. The van der Waals surface area contributed by atoms with Gasteiger partial charge >= 0.3 is 18.5 Å². The molecule has 11 fully saturated rings. The lowest BCUT2D eigenvalue weighted by atomic mass is 9.79. The van der Waals surface area contributed by atoms with Crippen LogP contribution in [-0.4, -0.2) is 171 Å². The lowest BCUT2D eigenvalue weighted by Gasteiger charge is -2.54. The number of amides is 3. The van der Waals surface area contributed by atoms with Crippen LogP contribution in [0.2, 0.25) is 0 Å². The van der Waals surface area contributed by atoms with E-state index in [-0.39, 0.29) is 41.5 Å². The fourth-order valence-corrected chi connectivity index (χ4v) is 20.8. The molecule has 3 N–H and O–H groups in total. The highest BCUT2D eigenvalue weighted by Gasteiger charge is 2.51. The third-order valence-corrected chi connectivity index (χ3v) is 26.9. The van der Waals surface area contributed by atoms with Crippen molar-refractivity contribution in [2.45, 2.75) is 176 Å². The Morgan fingerprint density at radius 3 is 0.910 bits per heavy atom. The summed E-state index contributed by atoms with van der Waals surface area (Å²) in [5.74, 6) is -0.138. The number of hydrogen-bond donors (Lipinski definition) is 3. The molecule has 21 rings (SSSR count). The summed E-state index contributed by atoms with van der Waals surface area (Å²) in [6.45, 7) is 15.4. The Kier molecular flexibility index (Phi) is 29.0. The number of halogens is 9. The minimum Gasteiger partial charge on any atom is -0.542 e. The molecular formula is C94H107F9N6O13. The van der Waals surface area contributed by atoms with Gasteiger partial charge in [0.15, 0.2) is 0 Å². The monoisotopic (exact) mass is 1700 g/mol. The van der Waals surface area contributed by atoms with Crippen LogP contribution in [0, 0.1) is 29.6 Å². The third kappa shape index (κ3) is 22.4. The van der Waals surface area contributed by atoms with E-state index in [0.29, 0.717) is 29.8 Å². The van der Waals surface area contributed by atoms with E-state index in [0.717, 1.165) is 129 Å². The van der Waals surface area contributed by atoms with Crippen LogP contribution >= 0.6 is 0 Å². The van der Waals surface area contributed by atoms with Crippen LogP contribution in [0.15, 0.2) is 176 Å². The van der Waals surface area contributed by atoms with E-state index >= 15 is 0 Å². The number of alkyl halides is 9. The normalized spacial score (nSPS) is 24.8. The smallest absolute Gasteiger partial charge is 0.430 e. The number of ether oxygens (including phenoxy) is 4. The number of para-hydroxylation sites is 7. The van der Waals surface area contributed by atoms with Crippen LogP contribution in [0.4, 0.5) is 39.5 Å². The van der Waals surface area contributed by atoms with Crippen LogP contribution in [-0.2, 0) is 28.8 Å². The number of carbonyl (C=O) groups excluding carboxylic acids is 6. The molecule has 28 heteroatoms. The molecule has 9 saturated heterocycles. The minimum atomic E-state index is -5.19. The standard InChI is InChI=1S/C30H32N2O3.C30H38N2O2.C28H34N2O2.3C2HF3O2/c33-30(29-24-11-4-6-13-27(24)35-28-14-7-5-12-25(28)29)31-26-21-32(18-15-22(26)16-19-32)17-8-20-34-23-9-2-1-3-10-23;33-30(29-24-12-4-6-14-27(24)34-28-15-7-5-13-25(28)29)31-26-21-32(19-16-23(26)17-20-32)18-8-11-22-9-2-1-3-10-22;31-28(27-22-10-4-6-12-25(22)32-26-13-7-5-11-23(26)27)29-24-19-30(16-14-21(24)15-17-30)18-20-8-2-1-3-9-20;3*3-2(4,5)1(6)7/h1-7,9-14,22,26,29H,8,15-21H2;4-7,12-15,22-23,26,29H,1-3,8-11,16-21H2;4-7,10-13,20-21,24,27H,1-3,8-9,14-19H2;3*(H,6,7)/t22?,26-,32?;23?,26-,32?;21?,24-,30?;;;/m111.../s1. The number of hydrogen-bond acceptors (Lipinski definition) is 13. The highest BCUT2D eigenvalue weighted by molar-refractivity contribution is 5.92. The summed E-state index contributed by atoms with van der Waals surface area (Å²) in [6, 6.07) is 58.8. The second kappa shape index (κ2) is 39.5. The zero-order chi connectivity index (χ0) is 86.4. The van der Waals surface area contributed by atoms with Gasteiger partial charge < -0.3 is 78.1 Å². The first-order valence-electron chi connectivity index (χ1n) is 43.0. The molecule has 0 unspecified atom stereocenters. The van der Waals surface area contributed by atoms with Crippen molar-refractivity contribution >= 4 is 35.6 Å². The lowest BCUT2D eigenvalue weighted by Crippen LogP contribution is -2.68. The van der Waals surface area contributed by atoms with E-state index in [1.165, 1.54) is 177 Å². The molecule has 2 saturated carbocycles. The molecule has 6 bridgehead atoms. The van der Waals surface area contributed by atoms with Gasteiger partial charge in [0.25, 0.3) is 0 Å². The average molecular weight is 1700 g/mol. The number of aliphatic carboxylic acids is 3. The zero-order valence-electron chi connectivity index (χ0n) is 68.3. The van der Waals surface area contributed by atoms with Gasteiger partial charge in [0.2, 0.25) is 17.7 Å². The van der Waals surface area contributed by atoms with Crippen molar-refractivity contribution in [3.05, 3.63) is 209 Å². The van der Waals surface area contributed by atoms with Crippen LogP contribution in [0.25, 0.3) is 0 Å². The predicted molar refractivity (Wildman–Crippen MR) is 430 cm³/mol. The van der Waals surface area contributed by atoms with E-state index in [2.05, 4.69) is 16.0 Å². The number of nitrogens with one attached hydrogen (secondary N) is 3. The number of carboxylic acid groups (broad SMARTS) is 3. The molecule has 2 aliphatic carbocycles. The molecule has 3 atom stereocenters. The fraction of sp³-hybridized carbons (Fsp3) is 0.489. The van der Waals surface area contributed by atoms with Gasteiger partial charge in [0, 0.05) is 84.2 Å². The molecular weight excluding hydrogens is 1590 g/mol. The van der Waals surface area contributed by atoms with Crippen LogP contribution in [0.5, 0.6) is 40.2 Å². The number of fused-ring (bicyclic) bond motifs is 15. The topological polar surface area (TPSA) is 245 Å². The lowest BCUT2D eigenvalue weighted by molar-refractivity contribution is -0.946. The van der Waals surface area contributed by atoms with Crippen molar-refractivity contribution in [2.24, 2.45) is 29.6 Å². The number of benzene rings is 7. The molecule has 14 aliphatic rings. The molecule has 122 heavy (non-hydrogen) atoms. The van der Waals surface area contributed by atoms with Gasteiger partial charge in [-0.3, -0.25) is 14.4 Å². The van der Waals surface area contributed by atoms with E-state index in [1.54, 1.807) is 0 Å². The van der Waals surface area contributed by atoms with Gasteiger partial charge in [-0.2, -0.15) is 39.5 Å². The number of nitrogens with zero attached hydrogens (tertiary/aromatic N) is 3. The maximum atomic E-state index is 13.8. The summed E-state index contributed by atoms with van der Waals surface area (Å²) in [5, 5.41) is 37.0. The fourth-order valence-electron chi connectivity index (χ4n) is 20.8. The Hall–Kier alpha value is -10.2. The van der Waals surface area contributed by atoms with E-state index < -0.39 is 36.4 Å². The summed E-state index contributed by atoms with van der Waals surface area (Å²) < 4.78 is 123. The summed E-state index contributed by atoms with van der Waals surface area (Å²) in [6.07, 6.45) is 9.94. The van der Waals surface area contributed by atoms with Crippen molar-refractivity contribution < 1.29 is 116 Å². The van der Waals surface area contributed by atoms with Crippen LogP contribution in [0.1, 0.15) is 173 Å². The quantitative estimate of drug-likeness (QED) is 0.0437. The predicted octanol–water partition coefficient (Wildman–Crippen LogP) is 14.3. The van der Waals surface area contributed by atoms with Crippen molar-refractivity contribution in [3.63, 3.8) is 0 Å². The Bertz CT molecular complexity index is 4530. The van der Waals surface area contributed by atoms with E-state index in [4.69, 9.17) is 48.7 Å².